The molecule has 0 radical (unpaired) electrons. The van der Waals surface area contributed by atoms with Gasteiger partial charge in [-0.05, 0) is 18.6 Å². The molecule has 1 heterocycles. The lowest BCUT2D eigenvalue weighted by molar-refractivity contribution is 0.0979. The van der Waals surface area contributed by atoms with Crippen molar-refractivity contribution >= 4 is 16.7 Å². The molecule has 2 aromatic rings. The maximum atomic E-state index is 11.9. The minimum atomic E-state index is 0.205. The van der Waals surface area contributed by atoms with E-state index in [4.69, 9.17) is 0 Å². The minimum Gasteiger partial charge on any atom is -0.294 e. The van der Waals surface area contributed by atoms with Crippen LogP contribution in [0.5, 0.6) is 0 Å². The van der Waals surface area contributed by atoms with Gasteiger partial charge in [0, 0.05) is 23.6 Å². The number of Topliss-reactive ketones (excluding diaryl/α,β-unsaturated/α-hetero) is 1. The number of fused-ring (bicyclic) bond motifs is 1. The lowest BCUT2D eigenvalue weighted by atomic mass is 10.0. The lowest BCUT2D eigenvalue weighted by Gasteiger charge is -2.02. The highest BCUT2D eigenvalue weighted by Crippen LogP contribution is 2.14. The molecule has 0 bridgehead atoms. The van der Waals surface area contributed by atoms with E-state index in [2.05, 4.69) is 11.9 Å². The number of carbonyl (C=O) groups excluding carboxylic acids is 1. The molecule has 17 heavy (non-hydrogen) atoms. The van der Waals surface area contributed by atoms with Crippen molar-refractivity contribution in [2.75, 3.05) is 0 Å². The first-order valence-electron chi connectivity index (χ1n) is 6.19. The van der Waals surface area contributed by atoms with Crippen molar-refractivity contribution in [3.05, 3.63) is 42.1 Å². The maximum Gasteiger partial charge on any atom is 0.164 e. The molecular formula is C15H17NO. The first-order valence-corrected chi connectivity index (χ1v) is 6.19. The summed E-state index contributed by atoms with van der Waals surface area (Å²) >= 11 is 0. The summed E-state index contributed by atoms with van der Waals surface area (Å²) in [6, 6.07) is 9.82. The fraction of sp³-hybridized carbons (Fsp3) is 0.333. The number of ketones is 1. The summed E-state index contributed by atoms with van der Waals surface area (Å²) in [5, 5.41) is 1.04. The SMILES string of the molecule is CCCCCC(=O)c1cnc2ccccc2c1. The molecule has 0 unspecified atom stereocenters. The minimum absolute atomic E-state index is 0.205. The summed E-state index contributed by atoms with van der Waals surface area (Å²) in [5.74, 6) is 0.205. The zero-order valence-corrected chi connectivity index (χ0v) is 10.1. The van der Waals surface area contributed by atoms with Gasteiger partial charge in [-0.2, -0.15) is 0 Å². The summed E-state index contributed by atoms with van der Waals surface area (Å²) in [5.41, 5.74) is 1.68. The average Bonchev–Trinajstić information content (AvgIpc) is 2.38. The molecule has 0 aliphatic carbocycles. The van der Waals surface area contributed by atoms with Crippen LogP contribution in [0.4, 0.5) is 0 Å². The molecule has 0 aliphatic heterocycles. The molecule has 1 aromatic carbocycles. The normalized spacial score (nSPS) is 10.6. The number of benzene rings is 1. The number of pyridine rings is 1. The van der Waals surface area contributed by atoms with Crippen molar-refractivity contribution in [1.29, 1.82) is 0 Å². The van der Waals surface area contributed by atoms with Gasteiger partial charge in [-0.1, -0.05) is 38.0 Å². The van der Waals surface area contributed by atoms with Crippen LogP contribution >= 0.6 is 0 Å². The molecule has 0 N–H and O–H groups in total. The molecule has 0 atom stereocenters. The lowest BCUT2D eigenvalue weighted by Crippen LogP contribution is -1.99. The molecule has 0 fully saturated rings. The summed E-state index contributed by atoms with van der Waals surface area (Å²) in [4.78, 5) is 16.2. The fourth-order valence-corrected chi connectivity index (χ4v) is 1.90. The van der Waals surface area contributed by atoms with E-state index in [1.165, 1.54) is 0 Å². The molecule has 0 spiro atoms. The first-order chi connectivity index (χ1) is 8.31. The Morgan fingerprint density at radius 3 is 2.88 bits per heavy atom. The number of unbranched alkanes of at least 4 members (excludes halogenated alkanes) is 2. The number of carbonyl (C=O) groups is 1. The third kappa shape index (κ3) is 2.90. The highest BCUT2D eigenvalue weighted by molar-refractivity contribution is 5.98. The number of hydrogen-bond donors (Lipinski definition) is 0. The Kier molecular flexibility index (Phi) is 3.86. The molecule has 2 heteroatoms. The van der Waals surface area contributed by atoms with E-state index in [1.807, 2.05) is 30.3 Å². The Balaban J connectivity index is 2.15. The van der Waals surface area contributed by atoms with Gasteiger partial charge in [0.15, 0.2) is 5.78 Å². The Morgan fingerprint density at radius 1 is 1.24 bits per heavy atom. The van der Waals surface area contributed by atoms with Crippen molar-refractivity contribution in [2.24, 2.45) is 0 Å². The van der Waals surface area contributed by atoms with Crippen LogP contribution in [0.3, 0.4) is 0 Å². The zero-order valence-electron chi connectivity index (χ0n) is 10.1. The molecule has 88 valence electrons. The molecular weight excluding hydrogens is 210 g/mol. The number of aromatic nitrogens is 1. The molecule has 0 aliphatic rings. The molecule has 0 saturated heterocycles. The molecule has 0 amide bonds. The van der Waals surface area contributed by atoms with Crippen LogP contribution in [-0.4, -0.2) is 10.8 Å². The van der Waals surface area contributed by atoms with Crippen LogP contribution in [0.2, 0.25) is 0 Å². The Labute approximate surface area is 102 Å². The van der Waals surface area contributed by atoms with Crippen LogP contribution in [0.25, 0.3) is 10.9 Å². The third-order valence-corrected chi connectivity index (χ3v) is 2.92. The van der Waals surface area contributed by atoms with Crippen molar-refractivity contribution in [3.8, 4) is 0 Å². The second kappa shape index (κ2) is 5.58. The van der Waals surface area contributed by atoms with E-state index in [0.717, 1.165) is 35.7 Å². The third-order valence-electron chi connectivity index (χ3n) is 2.92. The molecule has 2 nitrogen and oxygen atoms in total. The maximum absolute atomic E-state index is 11.9. The molecule has 0 saturated carbocycles. The fourth-order valence-electron chi connectivity index (χ4n) is 1.90. The van der Waals surface area contributed by atoms with Crippen LogP contribution in [0, 0.1) is 0 Å². The van der Waals surface area contributed by atoms with Gasteiger partial charge in [0.25, 0.3) is 0 Å². The smallest absolute Gasteiger partial charge is 0.164 e. The number of para-hydroxylation sites is 1. The van der Waals surface area contributed by atoms with Crippen molar-refractivity contribution in [1.82, 2.24) is 4.98 Å². The average molecular weight is 227 g/mol. The summed E-state index contributed by atoms with van der Waals surface area (Å²) in [7, 11) is 0. The van der Waals surface area contributed by atoms with Gasteiger partial charge in [0.05, 0.1) is 5.52 Å². The van der Waals surface area contributed by atoms with Gasteiger partial charge in [-0.25, -0.2) is 0 Å². The van der Waals surface area contributed by atoms with Crippen LogP contribution < -0.4 is 0 Å². The topological polar surface area (TPSA) is 30.0 Å². The van der Waals surface area contributed by atoms with E-state index < -0.39 is 0 Å². The number of rotatable bonds is 5. The Morgan fingerprint density at radius 2 is 2.06 bits per heavy atom. The van der Waals surface area contributed by atoms with E-state index in [1.54, 1.807) is 6.20 Å². The van der Waals surface area contributed by atoms with E-state index in [9.17, 15) is 4.79 Å². The van der Waals surface area contributed by atoms with E-state index in [-0.39, 0.29) is 5.78 Å². The first kappa shape index (κ1) is 11.8. The monoisotopic (exact) mass is 227 g/mol. The molecule has 2 rings (SSSR count). The Bertz CT molecular complexity index is 519. The standard InChI is InChI=1S/C15H17NO/c1-2-3-4-9-15(17)13-10-12-7-5-6-8-14(12)16-11-13/h5-8,10-11H,2-4,9H2,1H3. The van der Waals surface area contributed by atoms with Gasteiger partial charge >= 0.3 is 0 Å². The van der Waals surface area contributed by atoms with Gasteiger partial charge in [-0.15, -0.1) is 0 Å². The largest absolute Gasteiger partial charge is 0.294 e. The van der Waals surface area contributed by atoms with Gasteiger partial charge in [0.1, 0.15) is 0 Å². The van der Waals surface area contributed by atoms with Crippen LogP contribution in [-0.2, 0) is 0 Å². The summed E-state index contributed by atoms with van der Waals surface area (Å²) in [6.45, 7) is 2.14. The van der Waals surface area contributed by atoms with E-state index in [0.29, 0.717) is 6.42 Å². The van der Waals surface area contributed by atoms with E-state index >= 15 is 0 Å². The molecule has 1 aromatic heterocycles. The van der Waals surface area contributed by atoms with Crippen molar-refractivity contribution in [2.45, 2.75) is 32.6 Å². The quantitative estimate of drug-likeness (QED) is 0.571. The number of nitrogens with zero attached hydrogens (tertiary/aromatic N) is 1. The predicted molar refractivity (Wildman–Crippen MR) is 70.2 cm³/mol. The van der Waals surface area contributed by atoms with Crippen LogP contribution in [0.15, 0.2) is 36.5 Å². The predicted octanol–water partition coefficient (Wildman–Crippen LogP) is 4.00. The Hall–Kier alpha value is -1.70. The second-order valence-corrected chi connectivity index (χ2v) is 4.30. The highest BCUT2D eigenvalue weighted by Gasteiger charge is 2.06. The van der Waals surface area contributed by atoms with Crippen LogP contribution in [0.1, 0.15) is 43.0 Å². The van der Waals surface area contributed by atoms with Gasteiger partial charge in [0.2, 0.25) is 0 Å². The zero-order chi connectivity index (χ0) is 12.1. The van der Waals surface area contributed by atoms with Crippen molar-refractivity contribution in [3.63, 3.8) is 0 Å². The van der Waals surface area contributed by atoms with Gasteiger partial charge < -0.3 is 0 Å². The summed E-state index contributed by atoms with van der Waals surface area (Å²) in [6.07, 6.45) is 5.56. The summed E-state index contributed by atoms with van der Waals surface area (Å²) < 4.78 is 0. The van der Waals surface area contributed by atoms with Gasteiger partial charge in [-0.3, -0.25) is 9.78 Å². The number of hydrogen-bond acceptors (Lipinski definition) is 2. The second-order valence-electron chi connectivity index (χ2n) is 4.30. The highest BCUT2D eigenvalue weighted by atomic mass is 16.1. The van der Waals surface area contributed by atoms with Crippen molar-refractivity contribution < 1.29 is 4.79 Å².